The molecule has 2 rings (SSSR count). The lowest BCUT2D eigenvalue weighted by Crippen LogP contribution is -2.20. The molecule has 1 unspecified atom stereocenters. The fourth-order valence-electron chi connectivity index (χ4n) is 2.01. The first-order valence-corrected chi connectivity index (χ1v) is 6.56. The zero-order valence-corrected chi connectivity index (χ0v) is 11.3. The summed E-state index contributed by atoms with van der Waals surface area (Å²) >= 11 is 0. The van der Waals surface area contributed by atoms with Gasteiger partial charge >= 0.3 is 0 Å². The maximum Gasteiger partial charge on any atom is 0.137 e. The quantitative estimate of drug-likeness (QED) is 0.852. The van der Waals surface area contributed by atoms with Crippen molar-refractivity contribution in [1.82, 2.24) is 15.1 Å². The molecule has 0 fully saturated rings. The molecule has 1 N–H and O–H groups in total. The summed E-state index contributed by atoms with van der Waals surface area (Å²) in [6.07, 6.45) is 5.94. The van der Waals surface area contributed by atoms with Crippen molar-refractivity contribution in [2.24, 2.45) is 7.05 Å². The highest BCUT2D eigenvalue weighted by Crippen LogP contribution is 2.26. The monoisotopic (exact) mass is 247 g/mol. The van der Waals surface area contributed by atoms with Crippen molar-refractivity contribution in [3.8, 4) is 11.3 Å². The number of hydrogen-bond donors (Lipinski definition) is 1. The Morgan fingerprint density at radius 2 is 2.22 bits per heavy atom. The molecule has 2 aromatic rings. The number of aryl methyl sites for hydroxylation is 1. The number of furan rings is 1. The van der Waals surface area contributed by atoms with E-state index in [1.165, 1.54) is 0 Å². The highest BCUT2D eigenvalue weighted by atomic mass is 16.3. The smallest absolute Gasteiger partial charge is 0.137 e. The van der Waals surface area contributed by atoms with Crippen LogP contribution in [0.4, 0.5) is 0 Å². The van der Waals surface area contributed by atoms with Gasteiger partial charge < -0.3 is 9.73 Å². The second kappa shape index (κ2) is 5.87. The summed E-state index contributed by atoms with van der Waals surface area (Å²) in [6, 6.07) is 4.37. The van der Waals surface area contributed by atoms with E-state index in [1.54, 1.807) is 4.68 Å². The molecule has 18 heavy (non-hydrogen) atoms. The van der Waals surface area contributed by atoms with Crippen molar-refractivity contribution < 1.29 is 4.42 Å². The van der Waals surface area contributed by atoms with E-state index >= 15 is 0 Å². The third kappa shape index (κ3) is 2.82. The molecule has 2 aromatic heterocycles. The van der Waals surface area contributed by atoms with Gasteiger partial charge in [-0.1, -0.05) is 13.8 Å². The number of nitrogens with one attached hydrogen (secondary N) is 1. The third-order valence-electron chi connectivity index (χ3n) is 3.01. The van der Waals surface area contributed by atoms with Crippen LogP contribution in [0.25, 0.3) is 11.3 Å². The molecule has 0 radical (unpaired) electrons. The fraction of sp³-hybridized carbons (Fsp3) is 0.500. The van der Waals surface area contributed by atoms with Crippen molar-refractivity contribution >= 4 is 0 Å². The predicted molar refractivity (Wildman–Crippen MR) is 72.2 cm³/mol. The minimum Gasteiger partial charge on any atom is -0.459 e. The van der Waals surface area contributed by atoms with Gasteiger partial charge in [-0.2, -0.15) is 5.10 Å². The molecular formula is C14H21N3O. The Balaban J connectivity index is 2.13. The Morgan fingerprint density at radius 1 is 1.39 bits per heavy atom. The lowest BCUT2D eigenvalue weighted by atomic mass is 10.1. The summed E-state index contributed by atoms with van der Waals surface area (Å²) in [4.78, 5) is 0. The molecule has 0 aliphatic carbocycles. The van der Waals surface area contributed by atoms with Gasteiger partial charge in [-0.3, -0.25) is 4.68 Å². The molecule has 0 bridgehead atoms. The molecule has 4 nitrogen and oxygen atoms in total. The fourth-order valence-corrected chi connectivity index (χ4v) is 2.01. The van der Waals surface area contributed by atoms with Crippen LogP contribution in [0.5, 0.6) is 0 Å². The van der Waals surface area contributed by atoms with Gasteiger partial charge in [0.25, 0.3) is 0 Å². The number of hydrogen-bond acceptors (Lipinski definition) is 3. The van der Waals surface area contributed by atoms with Crippen molar-refractivity contribution in [2.75, 3.05) is 6.54 Å². The van der Waals surface area contributed by atoms with Crippen LogP contribution in [0, 0.1) is 0 Å². The molecule has 0 aliphatic heterocycles. The summed E-state index contributed by atoms with van der Waals surface area (Å²) in [5, 5.41) is 7.65. The molecule has 1 atom stereocenters. The van der Waals surface area contributed by atoms with Crippen LogP contribution >= 0.6 is 0 Å². The summed E-state index contributed by atoms with van der Waals surface area (Å²) in [5.41, 5.74) is 1.02. The molecule has 98 valence electrons. The van der Waals surface area contributed by atoms with E-state index in [1.807, 2.05) is 25.5 Å². The summed E-state index contributed by atoms with van der Waals surface area (Å²) in [5.74, 6) is 1.89. The van der Waals surface area contributed by atoms with E-state index in [-0.39, 0.29) is 0 Å². The highest BCUT2D eigenvalue weighted by Gasteiger charge is 2.14. The van der Waals surface area contributed by atoms with Gasteiger partial charge in [-0.05, 0) is 31.5 Å². The molecule has 0 saturated heterocycles. The SMILES string of the molecule is CCCNC(CC)c1ccc(-c2cnn(C)c2)o1. The topological polar surface area (TPSA) is 43.0 Å². The summed E-state index contributed by atoms with van der Waals surface area (Å²) < 4.78 is 7.70. The standard InChI is InChI=1S/C14H21N3O/c1-4-8-15-12(5-2)14-7-6-13(18-14)11-9-16-17(3)10-11/h6-7,9-10,12,15H,4-5,8H2,1-3H3. The molecular weight excluding hydrogens is 226 g/mol. The Labute approximate surface area is 108 Å². The van der Waals surface area contributed by atoms with Gasteiger partial charge in [0.15, 0.2) is 0 Å². The second-order valence-corrected chi connectivity index (χ2v) is 4.52. The Bertz CT molecular complexity index is 487. The van der Waals surface area contributed by atoms with Crippen LogP contribution in [0.2, 0.25) is 0 Å². The predicted octanol–water partition coefficient (Wildman–Crippen LogP) is 3.13. The molecule has 0 spiro atoms. The molecule has 0 aromatic carbocycles. The largest absolute Gasteiger partial charge is 0.459 e. The van der Waals surface area contributed by atoms with E-state index in [0.29, 0.717) is 6.04 Å². The molecule has 0 amide bonds. The Hall–Kier alpha value is -1.55. The molecule has 2 heterocycles. The number of rotatable bonds is 6. The Kier molecular flexibility index (Phi) is 4.20. The van der Waals surface area contributed by atoms with Crippen LogP contribution in [-0.2, 0) is 7.05 Å². The van der Waals surface area contributed by atoms with Gasteiger partial charge in [0.05, 0.1) is 17.8 Å². The first-order valence-electron chi connectivity index (χ1n) is 6.56. The van der Waals surface area contributed by atoms with Crippen molar-refractivity contribution in [2.45, 2.75) is 32.7 Å². The van der Waals surface area contributed by atoms with Gasteiger partial charge in [-0.25, -0.2) is 0 Å². The highest BCUT2D eigenvalue weighted by molar-refractivity contribution is 5.55. The van der Waals surface area contributed by atoms with Crippen molar-refractivity contribution in [3.05, 3.63) is 30.3 Å². The van der Waals surface area contributed by atoms with Gasteiger partial charge in [0.1, 0.15) is 11.5 Å². The van der Waals surface area contributed by atoms with Gasteiger partial charge in [0.2, 0.25) is 0 Å². The average molecular weight is 247 g/mol. The van der Waals surface area contributed by atoms with Crippen molar-refractivity contribution in [1.29, 1.82) is 0 Å². The maximum absolute atomic E-state index is 5.92. The van der Waals surface area contributed by atoms with Crippen LogP contribution in [-0.4, -0.2) is 16.3 Å². The molecule has 0 saturated carbocycles. The van der Waals surface area contributed by atoms with Crippen LogP contribution in [0.1, 0.15) is 38.5 Å². The number of aromatic nitrogens is 2. The molecule has 4 heteroatoms. The zero-order valence-electron chi connectivity index (χ0n) is 11.3. The maximum atomic E-state index is 5.92. The lowest BCUT2D eigenvalue weighted by Gasteiger charge is -2.13. The second-order valence-electron chi connectivity index (χ2n) is 4.52. The minimum atomic E-state index is 0.301. The summed E-state index contributed by atoms with van der Waals surface area (Å²) in [6.45, 7) is 5.35. The lowest BCUT2D eigenvalue weighted by molar-refractivity contribution is 0.411. The number of nitrogens with zero attached hydrogens (tertiary/aromatic N) is 2. The van der Waals surface area contributed by atoms with E-state index in [0.717, 1.165) is 36.5 Å². The van der Waals surface area contributed by atoms with E-state index in [9.17, 15) is 0 Å². The van der Waals surface area contributed by atoms with Gasteiger partial charge in [0, 0.05) is 13.2 Å². The van der Waals surface area contributed by atoms with Crippen LogP contribution < -0.4 is 5.32 Å². The van der Waals surface area contributed by atoms with Crippen LogP contribution in [0.15, 0.2) is 28.9 Å². The molecule has 0 aliphatic rings. The third-order valence-corrected chi connectivity index (χ3v) is 3.01. The first kappa shape index (κ1) is 12.9. The zero-order chi connectivity index (χ0) is 13.0. The minimum absolute atomic E-state index is 0.301. The van der Waals surface area contributed by atoms with E-state index < -0.39 is 0 Å². The van der Waals surface area contributed by atoms with Crippen molar-refractivity contribution in [3.63, 3.8) is 0 Å². The Morgan fingerprint density at radius 3 is 2.83 bits per heavy atom. The first-order chi connectivity index (χ1) is 8.74. The normalized spacial score (nSPS) is 12.8. The average Bonchev–Trinajstić information content (AvgIpc) is 2.99. The summed E-state index contributed by atoms with van der Waals surface area (Å²) in [7, 11) is 1.91. The van der Waals surface area contributed by atoms with E-state index in [2.05, 4.69) is 30.3 Å². The van der Waals surface area contributed by atoms with E-state index in [4.69, 9.17) is 4.42 Å². The van der Waals surface area contributed by atoms with Gasteiger partial charge in [-0.15, -0.1) is 0 Å². The van der Waals surface area contributed by atoms with Crippen LogP contribution in [0.3, 0.4) is 0 Å².